The maximum atomic E-state index is 13.0. The van der Waals surface area contributed by atoms with Gasteiger partial charge in [-0.2, -0.15) is 0 Å². The Morgan fingerprint density at radius 3 is 2.66 bits per heavy atom. The fourth-order valence-corrected chi connectivity index (χ4v) is 5.07. The fourth-order valence-electron chi connectivity index (χ4n) is 5.07. The predicted molar refractivity (Wildman–Crippen MR) is 133 cm³/mol. The molecule has 0 fully saturated rings. The third kappa shape index (κ3) is 5.07. The Morgan fingerprint density at radius 1 is 1.11 bits per heavy atom. The number of fused-ring (bicyclic) bond motifs is 2. The second-order valence-corrected chi connectivity index (χ2v) is 9.34. The van der Waals surface area contributed by atoms with Gasteiger partial charge in [-0.3, -0.25) is 14.2 Å². The van der Waals surface area contributed by atoms with E-state index in [9.17, 15) is 14.4 Å². The second kappa shape index (κ2) is 10.6. The third-order valence-electron chi connectivity index (χ3n) is 6.77. The standard InChI is InChI=1S/C27H33N3O5/c1-17-13-22(19(3)30(17)18(2)15-34-4)24(31)16-35-27(33)20-10-11-21-23(14-20)28-25-9-7-5-6-8-12-29(25)26(21)32/h10-11,13-14,18H,5-9,12,15-16H2,1-4H3. The van der Waals surface area contributed by atoms with E-state index in [-0.39, 0.29) is 29.6 Å². The number of benzene rings is 1. The first-order valence-electron chi connectivity index (χ1n) is 12.2. The van der Waals surface area contributed by atoms with Gasteiger partial charge in [0.25, 0.3) is 5.56 Å². The Morgan fingerprint density at radius 2 is 1.89 bits per heavy atom. The largest absolute Gasteiger partial charge is 0.454 e. The fraction of sp³-hybridized carbons (Fsp3) is 0.481. The number of Topliss-reactive ketones (excluding diaryl/α,β-unsaturated/α-hetero) is 1. The van der Waals surface area contributed by atoms with Crippen LogP contribution in [0.2, 0.25) is 0 Å². The van der Waals surface area contributed by atoms with Crippen molar-refractivity contribution in [2.24, 2.45) is 0 Å². The van der Waals surface area contributed by atoms with Crippen LogP contribution in [0, 0.1) is 13.8 Å². The van der Waals surface area contributed by atoms with Gasteiger partial charge in [0.15, 0.2) is 6.61 Å². The molecule has 2 aromatic heterocycles. The molecule has 3 heterocycles. The van der Waals surface area contributed by atoms with Gasteiger partial charge in [0, 0.05) is 37.0 Å². The van der Waals surface area contributed by atoms with Crippen molar-refractivity contribution >= 4 is 22.7 Å². The molecule has 0 spiro atoms. The maximum absolute atomic E-state index is 13.0. The molecule has 0 saturated carbocycles. The number of ether oxygens (including phenoxy) is 2. The lowest BCUT2D eigenvalue weighted by Gasteiger charge is -2.17. The van der Waals surface area contributed by atoms with Crippen molar-refractivity contribution < 1.29 is 19.1 Å². The van der Waals surface area contributed by atoms with Crippen LogP contribution in [0.1, 0.15) is 76.6 Å². The summed E-state index contributed by atoms with van der Waals surface area (Å²) in [6.07, 6.45) is 4.94. The minimum absolute atomic E-state index is 0.0694. The molecule has 0 radical (unpaired) electrons. The molecule has 3 aromatic rings. The van der Waals surface area contributed by atoms with Crippen LogP contribution in [-0.4, -0.2) is 46.2 Å². The second-order valence-electron chi connectivity index (χ2n) is 9.34. The van der Waals surface area contributed by atoms with Crippen molar-refractivity contribution in [3.8, 4) is 0 Å². The van der Waals surface area contributed by atoms with Crippen molar-refractivity contribution in [1.29, 1.82) is 0 Å². The van der Waals surface area contributed by atoms with E-state index in [1.54, 1.807) is 29.9 Å². The van der Waals surface area contributed by atoms with Crippen molar-refractivity contribution in [3.05, 3.63) is 63.0 Å². The highest BCUT2D eigenvalue weighted by Crippen LogP contribution is 2.22. The van der Waals surface area contributed by atoms with Gasteiger partial charge in [-0.25, -0.2) is 9.78 Å². The Bertz CT molecular complexity index is 1320. The van der Waals surface area contributed by atoms with Crippen molar-refractivity contribution in [1.82, 2.24) is 14.1 Å². The van der Waals surface area contributed by atoms with Crippen molar-refractivity contribution in [3.63, 3.8) is 0 Å². The van der Waals surface area contributed by atoms with E-state index >= 15 is 0 Å². The topological polar surface area (TPSA) is 92.4 Å². The van der Waals surface area contributed by atoms with Crippen LogP contribution in [0.5, 0.6) is 0 Å². The van der Waals surface area contributed by atoms with Crippen LogP contribution in [0.4, 0.5) is 0 Å². The number of esters is 1. The zero-order chi connectivity index (χ0) is 25.1. The lowest BCUT2D eigenvalue weighted by Crippen LogP contribution is -2.26. The van der Waals surface area contributed by atoms with Gasteiger partial charge in [0.2, 0.25) is 5.78 Å². The number of nitrogens with zero attached hydrogens (tertiary/aromatic N) is 3. The summed E-state index contributed by atoms with van der Waals surface area (Å²) in [5.74, 6) is -0.114. The molecule has 1 aromatic carbocycles. The molecular formula is C27H33N3O5. The number of aryl methyl sites for hydroxylation is 2. The molecule has 1 atom stereocenters. The first-order valence-corrected chi connectivity index (χ1v) is 12.2. The smallest absolute Gasteiger partial charge is 0.338 e. The van der Waals surface area contributed by atoms with Gasteiger partial charge < -0.3 is 14.0 Å². The predicted octanol–water partition coefficient (Wildman–Crippen LogP) is 4.18. The van der Waals surface area contributed by atoms with Gasteiger partial charge in [-0.05, 0) is 57.9 Å². The van der Waals surface area contributed by atoms with Crippen molar-refractivity contribution in [2.75, 3.05) is 20.3 Å². The van der Waals surface area contributed by atoms with Crippen LogP contribution in [0.15, 0.2) is 29.1 Å². The molecule has 0 amide bonds. The highest BCUT2D eigenvalue weighted by molar-refractivity contribution is 6.01. The van der Waals surface area contributed by atoms with E-state index in [2.05, 4.69) is 4.57 Å². The average molecular weight is 480 g/mol. The number of aromatic nitrogens is 3. The van der Waals surface area contributed by atoms with Crippen LogP contribution in [0.25, 0.3) is 10.9 Å². The summed E-state index contributed by atoms with van der Waals surface area (Å²) in [7, 11) is 1.65. The number of carbonyl (C=O) groups is 2. The number of methoxy groups -OCH3 is 1. The molecule has 35 heavy (non-hydrogen) atoms. The third-order valence-corrected chi connectivity index (χ3v) is 6.77. The molecule has 0 bridgehead atoms. The normalized spacial score (nSPS) is 14.7. The summed E-state index contributed by atoms with van der Waals surface area (Å²) in [5, 5.41) is 0.486. The van der Waals surface area contributed by atoms with Crippen LogP contribution >= 0.6 is 0 Å². The number of carbonyl (C=O) groups excluding carboxylic acids is 2. The summed E-state index contributed by atoms with van der Waals surface area (Å²) >= 11 is 0. The molecule has 8 nitrogen and oxygen atoms in total. The molecule has 0 saturated heterocycles. The number of hydrogen-bond acceptors (Lipinski definition) is 6. The Hall–Kier alpha value is -3.26. The zero-order valence-corrected chi connectivity index (χ0v) is 20.9. The molecule has 8 heteroatoms. The number of hydrogen-bond donors (Lipinski definition) is 0. The molecule has 1 unspecified atom stereocenters. The van der Waals surface area contributed by atoms with Gasteiger partial charge in [-0.15, -0.1) is 0 Å². The molecule has 4 rings (SSSR count). The molecule has 186 valence electrons. The van der Waals surface area contributed by atoms with Gasteiger partial charge in [0.1, 0.15) is 5.82 Å². The maximum Gasteiger partial charge on any atom is 0.338 e. The van der Waals surface area contributed by atoms with E-state index in [0.29, 0.717) is 29.6 Å². The summed E-state index contributed by atoms with van der Waals surface area (Å²) in [6.45, 7) is 6.69. The Kier molecular flexibility index (Phi) is 7.50. The van der Waals surface area contributed by atoms with E-state index in [4.69, 9.17) is 14.5 Å². The summed E-state index contributed by atoms with van der Waals surface area (Å²) in [4.78, 5) is 43.3. The Labute approximate surface area is 204 Å². The van der Waals surface area contributed by atoms with Crippen LogP contribution in [-0.2, 0) is 22.4 Å². The van der Waals surface area contributed by atoms with Crippen LogP contribution < -0.4 is 5.56 Å². The average Bonchev–Trinajstić information content (AvgIpc) is 3.12. The van der Waals surface area contributed by atoms with Gasteiger partial charge >= 0.3 is 5.97 Å². The summed E-state index contributed by atoms with van der Waals surface area (Å²) in [5.41, 5.74) is 2.99. The van der Waals surface area contributed by atoms with E-state index in [0.717, 1.165) is 49.3 Å². The zero-order valence-electron chi connectivity index (χ0n) is 20.9. The Balaban J connectivity index is 1.51. The number of rotatable bonds is 7. The highest BCUT2D eigenvalue weighted by Gasteiger charge is 2.21. The lowest BCUT2D eigenvalue weighted by atomic mass is 10.1. The van der Waals surface area contributed by atoms with Crippen molar-refractivity contribution in [2.45, 2.75) is 65.5 Å². The number of ketones is 1. The SMILES string of the molecule is COCC(C)n1c(C)cc(C(=O)COC(=O)c2ccc3c(=O)n4c(nc3c2)CCCCCC4)c1C. The van der Waals surface area contributed by atoms with Crippen LogP contribution in [0.3, 0.4) is 0 Å². The van der Waals surface area contributed by atoms with Gasteiger partial charge in [-0.1, -0.05) is 12.8 Å². The van der Waals surface area contributed by atoms with E-state index in [1.165, 1.54) is 0 Å². The molecular weight excluding hydrogens is 446 g/mol. The molecule has 1 aliphatic rings. The van der Waals surface area contributed by atoms with E-state index < -0.39 is 5.97 Å². The first-order chi connectivity index (χ1) is 16.8. The minimum Gasteiger partial charge on any atom is -0.454 e. The summed E-state index contributed by atoms with van der Waals surface area (Å²) < 4.78 is 14.4. The van der Waals surface area contributed by atoms with Gasteiger partial charge in [0.05, 0.1) is 29.1 Å². The molecule has 0 N–H and O–H groups in total. The molecule has 1 aliphatic heterocycles. The summed E-state index contributed by atoms with van der Waals surface area (Å²) in [6, 6.07) is 6.67. The molecule has 0 aliphatic carbocycles. The first kappa shape index (κ1) is 24.9. The minimum atomic E-state index is -0.615. The van der Waals surface area contributed by atoms with E-state index in [1.807, 2.05) is 26.8 Å². The monoisotopic (exact) mass is 479 g/mol. The highest BCUT2D eigenvalue weighted by atomic mass is 16.5. The quantitative estimate of drug-likeness (QED) is 0.373. The lowest BCUT2D eigenvalue weighted by molar-refractivity contribution is 0.0474.